The van der Waals surface area contributed by atoms with Crippen molar-refractivity contribution in [3.63, 3.8) is 0 Å². The Morgan fingerprint density at radius 1 is 1.37 bits per heavy atom. The van der Waals surface area contributed by atoms with Gasteiger partial charge in [-0.3, -0.25) is 4.79 Å². The highest BCUT2D eigenvalue weighted by atomic mass is 79.9. The highest BCUT2D eigenvalue weighted by Gasteiger charge is 2.41. The molecule has 2 rings (SSSR count). The Morgan fingerprint density at radius 3 is 2.47 bits per heavy atom. The van der Waals surface area contributed by atoms with Crippen LogP contribution in [0.2, 0.25) is 0 Å². The summed E-state index contributed by atoms with van der Waals surface area (Å²) in [5.74, 6) is -1.29. The van der Waals surface area contributed by atoms with Gasteiger partial charge in [0, 0.05) is 10.5 Å². The number of carbonyl (C=O) groups excluding carboxylic acids is 1. The molecule has 7 heteroatoms. The molecule has 19 heavy (non-hydrogen) atoms. The second-order valence-electron chi connectivity index (χ2n) is 4.40. The minimum atomic E-state index is -4.44. The van der Waals surface area contributed by atoms with Gasteiger partial charge in [-0.05, 0) is 47.0 Å². The van der Waals surface area contributed by atoms with Gasteiger partial charge in [-0.1, -0.05) is 0 Å². The van der Waals surface area contributed by atoms with Crippen molar-refractivity contribution in [3.05, 3.63) is 34.1 Å². The lowest BCUT2D eigenvalue weighted by Gasteiger charge is -2.24. The van der Waals surface area contributed by atoms with Crippen molar-refractivity contribution in [1.29, 1.82) is 0 Å². The summed E-state index contributed by atoms with van der Waals surface area (Å²) in [6, 6.07) is 2.93. The zero-order valence-corrected chi connectivity index (χ0v) is 11.3. The second kappa shape index (κ2) is 5.11. The van der Waals surface area contributed by atoms with Gasteiger partial charge in [0.15, 0.2) is 0 Å². The minimum Gasteiger partial charge on any atom is -0.327 e. The molecule has 1 amide bonds. The third-order valence-corrected chi connectivity index (χ3v) is 3.42. The molecule has 0 unspecified atom stereocenters. The number of hydrogen-bond acceptors (Lipinski definition) is 1. The zero-order valence-electron chi connectivity index (χ0n) is 9.68. The van der Waals surface area contributed by atoms with Gasteiger partial charge in [0.25, 0.3) is 5.91 Å². The van der Waals surface area contributed by atoms with Gasteiger partial charge in [0.1, 0.15) is 12.4 Å². The Labute approximate surface area is 115 Å². The summed E-state index contributed by atoms with van der Waals surface area (Å²) in [6.45, 7) is -1.28. The van der Waals surface area contributed by atoms with E-state index in [9.17, 15) is 22.4 Å². The van der Waals surface area contributed by atoms with E-state index in [0.717, 1.165) is 17.0 Å². The maximum absolute atomic E-state index is 12.9. The first-order chi connectivity index (χ1) is 8.78. The SMILES string of the molecule is O=C(c1ccc(F)cc1Br)N(CC(F)(F)F)C1CC1. The summed E-state index contributed by atoms with van der Waals surface area (Å²) in [4.78, 5) is 12.9. The van der Waals surface area contributed by atoms with Crippen LogP contribution >= 0.6 is 15.9 Å². The molecule has 0 N–H and O–H groups in total. The Hall–Kier alpha value is -1.11. The summed E-state index contributed by atoms with van der Waals surface area (Å²) >= 11 is 3.00. The molecule has 0 aliphatic heterocycles. The molecule has 1 aliphatic carbocycles. The van der Waals surface area contributed by atoms with E-state index in [-0.39, 0.29) is 16.1 Å². The van der Waals surface area contributed by atoms with Crippen molar-refractivity contribution in [3.8, 4) is 0 Å². The van der Waals surface area contributed by atoms with Crippen molar-refractivity contribution in [2.45, 2.75) is 25.1 Å². The van der Waals surface area contributed by atoms with Crippen LogP contribution in [0.4, 0.5) is 17.6 Å². The van der Waals surface area contributed by atoms with E-state index < -0.39 is 24.4 Å². The van der Waals surface area contributed by atoms with Crippen LogP contribution in [0.3, 0.4) is 0 Å². The molecule has 1 aromatic rings. The molecule has 0 saturated heterocycles. The largest absolute Gasteiger partial charge is 0.406 e. The molecule has 0 aromatic heterocycles. The molecular weight excluding hydrogens is 330 g/mol. The average molecular weight is 340 g/mol. The Morgan fingerprint density at radius 2 is 2.00 bits per heavy atom. The quantitative estimate of drug-likeness (QED) is 0.768. The number of halogens is 5. The lowest BCUT2D eigenvalue weighted by atomic mass is 10.2. The van der Waals surface area contributed by atoms with Crippen LogP contribution in [0, 0.1) is 5.82 Å². The van der Waals surface area contributed by atoms with Gasteiger partial charge in [0.2, 0.25) is 0 Å². The van der Waals surface area contributed by atoms with E-state index in [2.05, 4.69) is 15.9 Å². The van der Waals surface area contributed by atoms with Gasteiger partial charge >= 0.3 is 6.18 Å². The second-order valence-corrected chi connectivity index (χ2v) is 5.26. The van der Waals surface area contributed by atoms with E-state index in [1.165, 1.54) is 6.07 Å². The Kier molecular flexibility index (Phi) is 3.85. The predicted octanol–water partition coefficient (Wildman–Crippen LogP) is 3.76. The maximum Gasteiger partial charge on any atom is 0.406 e. The molecule has 0 spiro atoms. The van der Waals surface area contributed by atoms with Crippen LogP contribution in [0.15, 0.2) is 22.7 Å². The van der Waals surface area contributed by atoms with Crippen molar-refractivity contribution < 1.29 is 22.4 Å². The maximum atomic E-state index is 12.9. The molecule has 0 radical (unpaired) electrons. The van der Waals surface area contributed by atoms with Gasteiger partial charge in [-0.25, -0.2) is 4.39 Å². The van der Waals surface area contributed by atoms with Crippen molar-refractivity contribution in [1.82, 2.24) is 4.90 Å². The van der Waals surface area contributed by atoms with Crippen LogP contribution in [0.1, 0.15) is 23.2 Å². The fourth-order valence-electron chi connectivity index (χ4n) is 1.76. The topological polar surface area (TPSA) is 20.3 Å². The van der Waals surface area contributed by atoms with Gasteiger partial charge in [-0.2, -0.15) is 13.2 Å². The van der Waals surface area contributed by atoms with Crippen LogP contribution in [0.5, 0.6) is 0 Å². The number of rotatable bonds is 3. The van der Waals surface area contributed by atoms with Crippen LogP contribution < -0.4 is 0 Å². The summed E-state index contributed by atoms with van der Waals surface area (Å²) in [6.07, 6.45) is -3.30. The first-order valence-corrected chi connectivity index (χ1v) is 6.40. The standard InChI is InChI=1S/C12H10BrF4NO/c13-10-5-7(14)1-4-9(10)11(19)18(8-2-3-8)6-12(15,16)17/h1,4-5,8H,2-3,6H2. The summed E-state index contributed by atoms with van der Waals surface area (Å²) in [7, 11) is 0. The third kappa shape index (κ3) is 3.68. The monoisotopic (exact) mass is 339 g/mol. The zero-order chi connectivity index (χ0) is 14.2. The van der Waals surface area contributed by atoms with E-state index in [4.69, 9.17) is 0 Å². The molecule has 104 valence electrons. The fraction of sp³-hybridized carbons (Fsp3) is 0.417. The highest BCUT2D eigenvalue weighted by molar-refractivity contribution is 9.10. The van der Waals surface area contributed by atoms with Crippen LogP contribution in [-0.4, -0.2) is 29.6 Å². The number of amides is 1. The molecular formula is C12H10BrF4NO. The number of carbonyl (C=O) groups is 1. The number of hydrogen-bond donors (Lipinski definition) is 0. The number of nitrogens with zero attached hydrogens (tertiary/aromatic N) is 1. The first-order valence-electron chi connectivity index (χ1n) is 5.61. The van der Waals surface area contributed by atoms with E-state index >= 15 is 0 Å². The summed E-state index contributed by atoms with van der Waals surface area (Å²) in [5, 5.41) is 0. The van der Waals surface area contributed by atoms with E-state index in [0.29, 0.717) is 12.8 Å². The van der Waals surface area contributed by atoms with Gasteiger partial charge in [-0.15, -0.1) is 0 Å². The molecule has 1 aliphatic rings. The molecule has 0 heterocycles. The fourth-order valence-corrected chi connectivity index (χ4v) is 2.28. The van der Waals surface area contributed by atoms with Gasteiger partial charge in [0.05, 0.1) is 5.56 Å². The number of benzene rings is 1. The Balaban J connectivity index is 2.24. The van der Waals surface area contributed by atoms with E-state index in [1.807, 2.05) is 0 Å². The predicted molar refractivity (Wildman–Crippen MR) is 64.2 cm³/mol. The molecule has 0 atom stereocenters. The highest BCUT2D eigenvalue weighted by Crippen LogP contribution is 2.32. The molecule has 2 nitrogen and oxygen atoms in total. The van der Waals surface area contributed by atoms with Crippen LogP contribution in [0.25, 0.3) is 0 Å². The van der Waals surface area contributed by atoms with Crippen molar-refractivity contribution in [2.75, 3.05) is 6.54 Å². The lowest BCUT2D eigenvalue weighted by Crippen LogP contribution is -2.40. The lowest BCUT2D eigenvalue weighted by molar-refractivity contribution is -0.141. The molecule has 0 bridgehead atoms. The summed E-state index contributed by atoms with van der Waals surface area (Å²) in [5.41, 5.74) is 0.0394. The average Bonchev–Trinajstić information content (AvgIpc) is 3.07. The van der Waals surface area contributed by atoms with E-state index in [1.54, 1.807) is 0 Å². The van der Waals surface area contributed by atoms with Crippen molar-refractivity contribution >= 4 is 21.8 Å². The molecule has 1 saturated carbocycles. The number of alkyl halides is 3. The van der Waals surface area contributed by atoms with Crippen molar-refractivity contribution in [2.24, 2.45) is 0 Å². The Bertz CT molecular complexity index is 499. The molecule has 1 fully saturated rings. The third-order valence-electron chi connectivity index (χ3n) is 2.76. The first kappa shape index (κ1) is 14.3. The minimum absolute atomic E-state index is 0.0394. The van der Waals surface area contributed by atoms with Crippen LogP contribution in [-0.2, 0) is 0 Å². The normalized spacial score (nSPS) is 15.4. The smallest absolute Gasteiger partial charge is 0.327 e. The summed E-state index contributed by atoms with van der Waals surface area (Å²) < 4.78 is 50.5. The van der Waals surface area contributed by atoms with Gasteiger partial charge < -0.3 is 4.90 Å². The molecule has 1 aromatic carbocycles.